The number of nitrogens with one attached hydrogen (secondary N) is 1. The van der Waals surface area contributed by atoms with E-state index in [-0.39, 0.29) is 46.8 Å². The minimum atomic E-state index is -4.00. The number of rotatable bonds is 6. The van der Waals surface area contributed by atoms with Crippen LogP contribution >= 0.6 is 11.6 Å². The average molecular weight is 522 g/mol. The third-order valence-corrected chi connectivity index (χ3v) is 8.15. The molecule has 0 atom stereocenters. The number of anilines is 1. The van der Waals surface area contributed by atoms with Crippen molar-refractivity contribution >= 4 is 45.4 Å². The Morgan fingerprint density at radius 2 is 1.89 bits per heavy atom. The van der Waals surface area contributed by atoms with Crippen molar-refractivity contribution in [3.63, 3.8) is 0 Å². The van der Waals surface area contributed by atoms with E-state index in [2.05, 4.69) is 10.5 Å². The Balaban J connectivity index is 1.47. The molecule has 1 aliphatic rings. The molecule has 7 nitrogen and oxygen atoms in total. The van der Waals surface area contributed by atoms with Crippen LogP contribution in [0.2, 0.25) is 5.02 Å². The van der Waals surface area contributed by atoms with Gasteiger partial charge in [0.25, 0.3) is 0 Å². The normalized spacial score (nSPS) is 15.5. The number of benzene rings is 2. The van der Waals surface area contributed by atoms with E-state index in [1.807, 2.05) is 0 Å². The van der Waals surface area contributed by atoms with Crippen LogP contribution in [-0.4, -0.2) is 36.9 Å². The Morgan fingerprint density at radius 1 is 1.17 bits per heavy atom. The first-order chi connectivity index (χ1) is 16.7. The topological polar surface area (TPSA) is 92.5 Å². The third-order valence-electron chi connectivity index (χ3n) is 5.76. The van der Waals surface area contributed by atoms with Crippen LogP contribution in [0.3, 0.4) is 0 Å². The smallest absolute Gasteiger partial charge is 0.248 e. The monoisotopic (exact) mass is 521 g/mol. The van der Waals surface area contributed by atoms with E-state index in [4.69, 9.17) is 16.1 Å². The van der Waals surface area contributed by atoms with Gasteiger partial charge in [-0.2, -0.15) is 4.31 Å². The number of nitrogens with zero attached hydrogens (tertiary/aromatic N) is 2. The van der Waals surface area contributed by atoms with E-state index < -0.39 is 21.7 Å². The van der Waals surface area contributed by atoms with Crippen molar-refractivity contribution in [2.75, 3.05) is 18.4 Å². The molecule has 0 radical (unpaired) electrons. The summed E-state index contributed by atoms with van der Waals surface area (Å²) in [6, 6.07) is 9.94. The summed E-state index contributed by atoms with van der Waals surface area (Å²) in [6.45, 7) is 1.75. The zero-order valence-corrected chi connectivity index (χ0v) is 20.2. The number of aryl methyl sites for hydroxylation is 1. The quantitative estimate of drug-likeness (QED) is 0.486. The van der Waals surface area contributed by atoms with Crippen LogP contribution < -0.4 is 5.32 Å². The molecule has 4 rings (SSSR count). The zero-order chi connectivity index (χ0) is 25.2. The SMILES string of the molecule is Cc1noc(C=Cc2ccc(F)cc2F)c1S(=O)(=O)N1CCC(C(=O)Nc2ccccc2Cl)CC1. The molecule has 0 aliphatic carbocycles. The Hall–Kier alpha value is -3.08. The van der Waals surface area contributed by atoms with Crippen LogP contribution in [0.25, 0.3) is 12.2 Å². The zero-order valence-electron chi connectivity index (χ0n) is 18.7. The van der Waals surface area contributed by atoms with Gasteiger partial charge < -0.3 is 9.84 Å². The summed E-state index contributed by atoms with van der Waals surface area (Å²) < 4.78 is 60.3. The van der Waals surface area contributed by atoms with Crippen LogP contribution in [0.15, 0.2) is 51.9 Å². The molecular formula is C24H22ClF2N3O4S. The van der Waals surface area contributed by atoms with Crippen molar-refractivity contribution in [3.8, 4) is 0 Å². The van der Waals surface area contributed by atoms with Crippen molar-refractivity contribution < 1.29 is 26.5 Å². The molecule has 0 spiro atoms. The third kappa shape index (κ3) is 5.44. The van der Waals surface area contributed by atoms with Gasteiger partial charge >= 0.3 is 0 Å². The highest BCUT2D eigenvalue weighted by Crippen LogP contribution is 2.30. The maximum Gasteiger partial charge on any atom is 0.248 e. The summed E-state index contributed by atoms with van der Waals surface area (Å²) in [7, 11) is -4.00. The number of aromatic nitrogens is 1. The van der Waals surface area contributed by atoms with E-state index in [1.54, 1.807) is 24.3 Å². The highest BCUT2D eigenvalue weighted by molar-refractivity contribution is 7.89. The van der Waals surface area contributed by atoms with Crippen molar-refractivity contribution in [1.29, 1.82) is 0 Å². The van der Waals surface area contributed by atoms with Gasteiger partial charge in [-0.15, -0.1) is 0 Å². The summed E-state index contributed by atoms with van der Waals surface area (Å²) in [5.74, 6) is -2.17. The maximum absolute atomic E-state index is 13.9. The molecule has 3 aromatic rings. The largest absolute Gasteiger partial charge is 0.355 e. The Morgan fingerprint density at radius 3 is 2.57 bits per heavy atom. The number of amides is 1. The molecule has 1 amide bonds. The maximum atomic E-state index is 13.9. The molecular weight excluding hydrogens is 500 g/mol. The van der Waals surface area contributed by atoms with Crippen LogP contribution in [0, 0.1) is 24.5 Å². The summed E-state index contributed by atoms with van der Waals surface area (Å²) >= 11 is 6.10. The van der Waals surface area contributed by atoms with Crippen molar-refractivity contribution in [2.24, 2.45) is 5.92 Å². The Labute approximate surface area is 206 Å². The first-order valence-corrected chi connectivity index (χ1v) is 12.6. The van der Waals surface area contributed by atoms with Gasteiger partial charge in [0.15, 0.2) is 10.7 Å². The molecule has 1 aromatic heterocycles. The Kier molecular flexibility index (Phi) is 7.34. The van der Waals surface area contributed by atoms with Gasteiger partial charge in [0.2, 0.25) is 15.9 Å². The van der Waals surface area contributed by atoms with Gasteiger partial charge in [0, 0.05) is 30.6 Å². The van der Waals surface area contributed by atoms with Crippen molar-refractivity contribution in [3.05, 3.63) is 76.1 Å². The van der Waals surface area contributed by atoms with Gasteiger partial charge in [-0.3, -0.25) is 4.79 Å². The van der Waals surface area contributed by atoms with Crippen LogP contribution in [-0.2, 0) is 14.8 Å². The molecule has 1 saturated heterocycles. The predicted molar refractivity (Wildman–Crippen MR) is 128 cm³/mol. The average Bonchev–Trinajstić information content (AvgIpc) is 3.21. The van der Waals surface area contributed by atoms with E-state index in [0.29, 0.717) is 23.6 Å². The fourth-order valence-electron chi connectivity index (χ4n) is 3.89. The molecule has 1 aliphatic heterocycles. The van der Waals surface area contributed by atoms with Crippen molar-refractivity contribution in [2.45, 2.75) is 24.7 Å². The number of sulfonamides is 1. The van der Waals surface area contributed by atoms with Crippen LogP contribution in [0.4, 0.5) is 14.5 Å². The van der Waals surface area contributed by atoms with Crippen LogP contribution in [0.5, 0.6) is 0 Å². The van der Waals surface area contributed by atoms with Crippen molar-refractivity contribution in [1.82, 2.24) is 9.46 Å². The fourth-order valence-corrected chi connectivity index (χ4v) is 5.79. The lowest BCUT2D eigenvalue weighted by Crippen LogP contribution is -2.41. The molecule has 35 heavy (non-hydrogen) atoms. The lowest BCUT2D eigenvalue weighted by Gasteiger charge is -2.30. The van der Waals surface area contributed by atoms with Gasteiger partial charge in [-0.05, 0) is 56.2 Å². The second-order valence-electron chi connectivity index (χ2n) is 8.11. The summed E-state index contributed by atoms with van der Waals surface area (Å²) in [4.78, 5) is 12.5. The molecule has 0 bridgehead atoms. The lowest BCUT2D eigenvalue weighted by atomic mass is 9.97. The summed E-state index contributed by atoms with van der Waals surface area (Å²) in [5.41, 5.74) is 0.722. The number of hydrogen-bond acceptors (Lipinski definition) is 5. The molecule has 184 valence electrons. The van der Waals surface area contributed by atoms with Gasteiger partial charge in [0.1, 0.15) is 17.3 Å². The number of para-hydroxylation sites is 1. The predicted octanol–water partition coefficient (Wildman–Crippen LogP) is 5.12. The Bertz CT molecular complexity index is 1380. The van der Waals surface area contributed by atoms with E-state index in [9.17, 15) is 22.0 Å². The second kappa shape index (κ2) is 10.3. The molecule has 2 aromatic carbocycles. The molecule has 2 heterocycles. The minimum Gasteiger partial charge on any atom is -0.355 e. The second-order valence-corrected chi connectivity index (χ2v) is 10.4. The van der Waals surface area contributed by atoms with Gasteiger partial charge in [-0.25, -0.2) is 17.2 Å². The highest BCUT2D eigenvalue weighted by Gasteiger charge is 2.36. The highest BCUT2D eigenvalue weighted by atomic mass is 35.5. The standard InChI is InChI=1S/C24H22ClF2N3O4S/c1-15-23(22(34-29-15)9-7-16-6-8-18(26)14-20(16)27)35(32,33)30-12-10-17(11-13-30)24(31)28-21-5-3-2-4-19(21)25/h2-9,14,17H,10-13H2,1H3,(H,28,31). The number of halogens is 3. The van der Waals surface area contributed by atoms with E-state index in [0.717, 1.165) is 12.1 Å². The fraction of sp³-hybridized carbons (Fsp3) is 0.250. The molecule has 1 N–H and O–H groups in total. The molecule has 0 unspecified atom stereocenters. The van der Waals surface area contributed by atoms with Gasteiger partial charge in [-0.1, -0.05) is 28.9 Å². The van der Waals surface area contributed by atoms with Gasteiger partial charge in [0.05, 0.1) is 10.7 Å². The molecule has 0 saturated carbocycles. The molecule has 1 fully saturated rings. The number of carbonyl (C=O) groups excluding carboxylic acids is 1. The first kappa shape index (κ1) is 25.0. The lowest BCUT2D eigenvalue weighted by molar-refractivity contribution is -0.120. The van der Waals surface area contributed by atoms with E-state index in [1.165, 1.54) is 29.4 Å². The minimum absolute atomic E-state index is 0.0640. The van der Waals surface area contributed by atoms with E-state index >= 15 is 0 Å². The number of hydrogen-bond donors (Lipinski definition) is 1. The first-order valence-electron chi connectivity index (χ1n) is 10.8. The molecule has 11 heteroatoms. The number of piperidine rings is 1. The summed E-state index contributed by atoms with van der Waals surface area (Å²) in [5, 5.41) is 6.98. The summed E-state index contributed by atoms with van der Waals surface area (Å²) in [6.07, 6.45) is 3.23. The van der Waals surface area contributed by atoms with Crippen LogP contribution in [0.1, 0.15) is 29.9 Å². The number of carbonyl (C=O) groups is 1.